The van der Waals surface area contributed by atoms with Crippen LogP contribution in [0.1, 0.15) is 39.3 Å². The number of halogens is 1. The van der Waals surface area contributed by atoms with E-state index in [0.717, 1.165) is 22.5 Å². The second-order valence-electron chi connectivity index (χ2n) is 5.42. The molecule has 9 heteroatoms. The van der Waals surface area contributed by atoms with Gasteiger partial charge in [-0.2, -0.15) is 0 Å². The van der Waals surface area contributed by atoms with Crippen molar-refractivity contribution in [1.82, 2.24) is 4.72 Å². The highest BCUT2D eigenvalue weighted by Gasteiger charge is 2.27. The summed E-state index contributed by atoms with van der Waals surface area (Å²) in [7, 11) is -2.60. The Balaban J connectivity index is 0.00000312. The normalized spacial score (nSPS) is 12.3. The van der Waals surface area contributed by atoms with E-state index in [0.29, 0.717) is 5.56 Å². The number of thiophene rings is 1. The first-order chi connectivity index (χ1) is 11.3. The molecule has 0 saturated heterocycles. The predicted molar refractivity (Wildman–Crippen MR) is 101 cm³/mol. The standard InChI is InChI=1S/C16H20N2O4S2.ClH/c1-10-9-23-14(16(19)22-3)15(10)24(20,21)18-8-12-4-6-13(7-5-12)11(2)17;/h4-7,9,11,18H,8,17H2,1-3H3;1H. The molecule has 1 atom stereocenters. The van der Waals surface area contributed by atoms with Gasteiger partial charge < -0.3 is 10.5 Å². The molecule has 1 unspecified atom stereocenters. The van der Waals surface area contributed by atoms with Crippen LogP contribution in [0.2, 0.25) is 0 Å². The average molecular weight is 405 g/mol. The molecule has 1 aromatic carbocycles. The Bertz CT molecular complexity index is 830. The quantitative estimate of drug-likeness (QED) is 0.721. The fourth-order valence-electron chi connectivity index (χ4n) is 2.19. The third kappa shape index (κ3) is 5.02. The number of aryl methyl sites for hydroxylation is 1. The van der Waals surface area contributed by atoms with Gasteiger partial charge >= 0.3 is 5.97 Å². The van der Waals surface area contributed by atoms with Crippen molar-refractivity contribution < 1.29 is 17.9 Å². The molecule has 0 fully saturated rings. The minimum absolute atomic E-state index is 0. The zero-order chi connectivity index (χ0) is 17.9. The Morgan fingerprint density at radius 3 is 2.44 bits per heavy atom. The first-order valence-electron chi connectivity index (χ1n) is 7.26. The second kappa shape index (κ2) is 8.77. The molecule has 3 N–H and O–H groups in total. The summed E-state index contributed by atoms with van der Waals surface area (Å²) in [4.78, 5) is 11.8. The lowest BCUT2D eigenvalue weighted by Gasteiger charge is -2.10. The molecule has 0 aliphatic carbocycles. The van der Waals surface area contributed by atoms with Crippen LogP contribution < -0.4 is 10.5 Å². The van der Waals surface area contributed by atoms with E-state index in [1.165, 1.54) is 7.11 Å². The summed E-state index contributed by atoms with van der Waals surface area (Å²) in [5, 5.41) is 1.62. The van der Waals surface area contributed by atoms with Gasteiger partial charge in [0.1, 0.15) is 9.77 Å². The summed E-state index contributed by atoms with van der Waals surface area (Å²) in [6, 6.07) is 7.30. The fraction of sp³-hybridized carbons (Fsp3) is 0.312. The summed E-state index contributed by atoms with van der Waals surface area (Å²) in [6.07, 6.45) is 0. The molecular formula is C16H21ClN2O4S2. The number of benzene rings is 1. The number of hydrogen-bond acceptors (Lipinski definition) is 6. The lowest BCUT2D eigenvalue weighted by molar-refractivity contribution is 0.0602. The zero-order valence-electron chi connectivity index (χ0n) is 14.1. The van der Waals surface area contributed by atoms with E-state index < -0.39 is 16.0 Å². The maximum Gasteiger partial charge on any atom is 0.349 e. The topological polar surface area (TPSA) is 98.5 Å². The number of carbonyl (C=O) groups is 1. The molecule has 1 aromatic heterocycles. The molecule has 0 aliphatic rings. The summed E-state index contributed by atoms with van der Waals surface area (Å²) in [6.45, 7) is 3.65. The van der Waals surface area contributed by atoms with Crippen LogP contribution in [0.15, 0.2) is 34.5 Å². The summed E-state index contributed by atoms with van der Waals surface area (Å²) in [5.41, 5.74) is 8.08. The van der Waals surface area contributed by atoms with Crippen LogP contribution in [0.4, 0.5) is 0 Å². The Morgan fingerprint density at radius 1 is 1.32 bits per heavy atom. The fourth-order valence-corrected chi connectivity index (χ4v) is 4.91. The van der Waals surface area contributed by atoms with Gasteiger partial charge in [0.25, 0.3) is 0 Å². The van der Waals surface area contributed by atoms with Gasteiger partial charge in [0.15, 0.2) is 0 Å². The lowest BCUT2D eigenvalue weighted by atomic mass is 10.1. The minimum atomic E-state index is -3.82. The molecule has 0 aliphatic heterocycles. The highest BCUT2D eigenvalue weighted by atomic mass is 35.5. The molecule has 2 rings (SSSR count). The zero-order valence-corrected chi connectivity index (χ0v) is 16.6. The number of ether oxygens (including phenoxy) is 1. The van der Waals surface area contributed by atoms with Gasteiger partial charge in [-0.25, -0.2) is 17.9 Å². The van der Waals surface area contributed by atoms with E-state index in [-0.39, 0.29) is 34.8 Å². The summed E-state index contributed by atoms with van der Waals surface area (Å²) >= 11 is 1.05. The molecule has 0 radical (unpaired) electrons. The Hall–Kier alpha value is -1.45. The number of sulfonamides is 1. The van der Waals surface area contributed by atoms with Crippen molar-refractivity contribution in [2.45, 2.75) is 31.3 Å². The molecule has 0 bridgehead atoms. The van der Waals surface area contributed by atoms with Crippen LogP contribution in [0, 0.1) is 6.92 Å². The number of nitrogens with two attached hydrogens (primary N) is 1. The Labute approximate surface area is 157 Å². The van der Waals surface area contributed by atoms with E-state index >= 15 is 0 Å². The van der Waals surface area contributed by atoms with Crippen molar-refractivity contribution >= 4 is 39.7 Å². The Morgan fingerprint density at radius 2 is 1.92 bits per heavy atom. The number of nitrogens with one attached hydrogen (secondary N) is 1. The van der Waals surface area contributed by atoms with Crippen molar-refractivity contribution in [3.8, 4) is 0 Å². The van der Waals surface area contributed by atoms with Gasteiger partial charge in [0.2, 0.25) is 10.0 Å². The van der Waals surface area contributed by atoms with Crippen LogP contribution in [0.3, 0.4) is 0 Å². The SMILES string of the molecule is COC(=O)c1scc(C)c1S(=O)(=O)NCc1ccc(C(C)N)cc1.Cl. The first kappa shape index (κ1) is 21.6. The van der Waals surface area contributed by atoms with Crippen molar-refractivity contribution in [2.75, 3.05) is 7.11 Å². The Kier molecular flexibility index (Phi) is 7.58. The van der Waals surface area contributed by atoms with Gasteiger partial charge in [0.05, 0.1) is 7.11 Å². The molecule has 2 aromatic rings. The van der Waals surface area contributed by atoms with Gasteiger partial charge in [-0.15, -0.1) is 23.7 Å². The largest absolute Gasteiger partial charge is 0.465 e. The molecule has 25 heavy (non-hydrogen) atoms. The smallest absolute Gasteiger partial charge is 0.349 e. The number of rotatable bonds is 6. The van der Waals surface area contributed by atoms with Crippen molar-refractivity contribution in [3.63, 3.8) is 0 Å². The van der Waals surface area contributed by atoms with E-state index in [9.17, 15) is 13.2 Å². The predicted octanol–water partition coefficient (Wildman–Crippen LogP) is 2.76. The van der Waals surface area contributed by atoms with E-state index in [2.05, 4.69) is 9.46 Å². The monoisotopic (exact) mass is 404 g/mol. The lowest BCUT2D eigenvalue weighted by Crippen LogP contribution is -2.25. The van der Waals surface area contributed by atoms with Crippen LogP contribution in [0.5, 0.6) is 0 Å². The number of hydrogen-bond donors (Lipinski definition) is 2. The molecule has 138 valence electrons. The van der Waals surface area contributed by atoms with E-state index in [1.54, 1.807) is 12.3 Å². The number of esters is 1. The van der Waals surface area contributed by atoms with Crippen molar-refractivity contribution in [2.24, 2.45) is 5.73 Å². The maximum atomic E-state index is 12.6. The molecule has 0 amide bonds. The van der Waals surface area contributed by atoms with E-state index in [1.807, 2.05) is 31.2 Å². The molecular weight excluding hydrogens is 384 g/mol. The highest BCUT2D eigenvalue weighted by molar-refractivity contribution is 7.89. The van der Waals surface area contributed by atoms with Crippen molar-refractivity contribution in [1.29, 1.82) is 0 Å². The number of carbonyl (C=O) groups excluding carboxylic acids is 1. The number of methoxy groups -OCH3 is 1. The minimum Gasteiger partial charge on any atom is -0.465 e. The summed E-state index contributed by atoms with van der Waals surface area (Å²) in [5.74, 6) is -0.658. The van der Waals surface area contributed by atoms with Crippen LogP contribution >= 0.6 is 23.7 Å². The van der Waals surface area contributed by atoms with Gasteiger partial charge in [-0.1, -0.05) is 24.3 Å². The van der Waals surface area contributed by atoms with Gasteiger partial charge in [-0.05, 0) is 35.9 Å². The van der Waals surface area contributed by atoms with E-state index in [4.69, 9.17) is 5.73 Å². The van der Waals surface area contributed by atoms with Crippen LogP contribution in [-0.4, -0.2) is 21.5 Å². The third-order valence-electron chi connectivity index (χ3n) is 3.53. The van der Waals surface area contributed by atoms with Gasteiger partial charge in [0, 0.05) is 12.6 Å². The van der Waals surface area contributed by atoms with Crippen LogP contribution in [0.25, 0.3) is 0 Å². The molecule has 6 nitrogen and oxygen atoms in total. The van der Waals surface area contributed by atoms with Gasteiger partial charge in [-0.3, -0.25) is 0 Å². The second-order valence-corrected chi connectivity index (χ2v) is 8.01. The van der Waals surface area contributed by atoms with Crippen molar-refractivity contribution in [3.05, 3.63) is 51.2 Å². The maximum absolute atomic E-state index is 12.6. The molecule has 0 spiro atoms. The molecule has 0 saturated carbocycles. The summed E-state index contributed by atoms with van der Waals surface area (Å²) < 4.78 is 32.3. The highest BCUT2D eigenvalue weighted by Crippen LogP contribution is 2.27. The molecule has 1 heterocycles. The average Bonchev–Trinajstić information content (AvgIpc) is 2.95. The van der Waals surface area contributed by atoms with Crippen LogP contribution in [-0.2, 0) is 21.3 Å². The first-order valence-corrected chi connectivity index (χ1v) is 9.63. The third-order valence-corrected chi connectivity index (χ3v) is 6.32.